The Morgan fingerprint density at radius 3 is 1.63 bits per heavy atom. The first kappa shape index (κ1) is 24.0. The summed E-state index contributed by atoms with van der Waals surface area (Å²) in [6.45, 7) is 4.59. The van der Waals surface area contributed by atoms with Gasteiger partial charge < -0.3 is 0 Å². The van der Waals surface area contributed by atoms with E-state index in [-0.39, 0.29) is 0 Å². The van der Waals surface area contributed by atoms with Gasteiger partial charge in [0.25, 0.3) is 0 Å². The highest BCUT2D eigenvalue weighted by Crippen LogP contribution is 2.23. The summed E-state index contributed by atoms with van der Waals surface area (Å²) < 4.78 is 0. The van der Waals surface area contributed by atoms with Crippen molar-refractivity contribution in [1.82, 2.24) is 0 Å². The Balaban J connectivity index is 2.26. The molecular formula is C27H46. The summed E-state index contributed by atoms with van der Waals surface area (Å²) in [7, 11) is 0. The summed E-state index contributed by atoms with van der Waals surface area (Å²) in [4.78, 5) is 0. The molecule has 1 aromatic carbocycles. The zero-order chi connectivity index (χ0) is 19.4. The molecule has 0 fully saturated rings. The van der Waals surface area contributed by atoms with Gasteiger partial charge in [-0.1, -0.05) is 134 Å². The minimum atomic E-state index is 1.26. The van der Waals surface area contributed by atoms with Crippen LogP contribution in [0.3, 0.4) is 0 Å². The second kappa shape index (κ2) is 18.3. The second-order valence-corrected chi connectivity index (χ2v) is 8.23. The normalized spacial score (nSPS) is 11.9. The quantitative estimate of drug-likeness (QED) is 0.225. The van der Waals surface area contributed by atoms with Crippen LogP contribution in [0.1, 0.15) is 129 Å². The SMILES string of the molecule is CCCCCCCCC/C=C(/CCCCCCCCCC)c1ccccc1. The summed E-state index contributed by atoms with van der Waals surface area (Å²) in [5, 5.41) is 0. The molecule has 0 aliphatic rings. The Labute approximate surface area is 170 Å². The molecule has 0 aliphatic heterocycles. The van der Waals surface area contributed by atoms with E-state index in [1.165, 1.54) is 115 Å². The molecule has 1 rings (SSSR count). The molecule has 154 valence electrons. The van der Waals surface area contributed by atoms with E-state index in [0.29, 0.717) is 0 Å². The Kier molecular flexibility index (Phi) is 16.3. The molecule has 0 aromatic heterocycles. The smallest absolute Gasteiger partial charge is 0.0228 e. The third kappa shape index (κ3) is 13.7. The molecule has 0 saturated carbocycles. The number of rotatable bonds is 18. The first-order valence-corrected chi connectivity index (χ1v) is 12.1. The van der Waals surface area contributed by atoms with Crippen LogP contribution in [0.2, 0.25) is 0 Å². The van der Waals surface area contributed by atoms with Gasteiger partial charge in [-0.25, -0.2) is 0 Å². The predicted molar refractivity (Wildman–Crippen MR) is 124 cm³/mol. The van der Waals surface area contributed by atoms with Crippen molar-refractivity contribution in [3.05, 3.63) is 42.0 Å². The molecule has 0 saturated heterocycles. The fourth-order valence-corrected chi connectivity index (χ4v) is 3.84. The molecule has 27 heavy (non-hydrogen) atoms. The van der Waals surface area contributed by atoms with E-state index >= 15 is 0 Å². The summed E-state index contributed by atoms with van der Waals surface area (Å²) in [5.74, 6) is 0. The Morgan fingerprint density at radius 1 is 0.593 bits per heavy atom. The topological polar surface area (TPSA) is 0 Å². The number of hydrogen-bond acceptors (Lipinski definition) is 0. The molecule has 0 heterocycles. The monoisotopic (exact) mass is 370 g/mol. The Morgan fingerprint density at radius 2 is 1.07 bits per heavy atom. The number of hydrogen-bond donors (Lipinski definition) is 0. The van der Waals surface area contributed by atoms with E-state index in [4.69, 9.17) is 0 Å². The number of benzene rings is 1. The van der Waals surface area contributed by atoms with Crippen molar-refractivity contribution in [2.24, 2.45) is 0 Å². The lowest BCUT2D eigenvalue weighted by atomic mass is 9.97. The largest absolute Gasteiger partial charge is 0.0807 e. The van der Waals surface area contributed by atoms with Gasteiger partial charge in [0.15, 0.2) is 0 Å². The fourth-order valence-electron chi connectivity index (χ4n) is 3.84. The van der Waals surface area contributed by atoms with Crippen LogP contribution in [-0.4, -0.2) is 0 Å². The van der Waals surface area contributed by atoms with Gasteiger partial charge in [-0.05, 0) is 36.8 Å². The summed E-state index contributed by atoms with van der Waals surface area (Å²) >= 11 is 0. The molecule has 0 N–H and O–H groups in total. The molecule has 0 amide bonds. The molecule has 0 aliphatic carbocycles. The van der Waals surface area contributed by atoms with Gasteiger partial charge in [0.1, 0.15) is 0 Å². The maximum Gasteiger partial charge on any atom is -0.0228 e. The van der Waals surface area contributed by atoms with E-state index in [9.17, 15) is 0 Å². The van der Waals surface area contributed by atoms with Crippen LogP contribution >= 0.6 is 0 Å². The number of unbranched alkanes of at least 4 members (excludes halogenated alkanes) is 14. The lowest BCUT2D eigenvalue weighted by molar-refractivity contribution is 0.578. The minimum Gasteiger partial charge on any atom is -0.0807 e. The van der Waals surface area contributed by atoms with Crippen LogP contribution < -0.4 is 0 Å². The van der Waals surface area contributed by atoms with Crippen molar-refractivity contribution in [3.63, 3.8) is 0 Å². The third-order valence-electron chi connectivity index (χ3n) is 5.64. The van der Waals surface area contributed by atoms with Crippen molar-refractivity contribution in [3.8, 4) is 0 Å². The average Bonchev–Trinajstić information content (AvgIpc) is 2.71. The van der Waals surface area contributed by atoms with Gasteiger partial charge in [0.05, 0.1) is 0 Å². The maximum atomic E-state index is 2.54. The summed E-state index contributed by atoms with van der Waals surface area (Å²) in [5.41, 5.74) is 3.04. The molecule has 1 aromatic rings. The average molecular weight is 371 g/mol. The molecule has 0 bridgehead atoms. The predicted octanol–water partition coefficient (Wildman–Crippen LogP) is 9.74. The first-order valence-electron chi connectivity index (χ1n) is 12.1. The van der Waals surface area contributed by atoms with Gasteiger partial charge in [-0.3, -0.25) is 0 Å². The lowest BCUT2D eigenvalue weighted by Crippen LogP contribution is -1.88. The molecule has 0 atom stereocenters. The van der Waals surface area contributed by atoms with Crippen LogP contribution in [0.4, 0.5) is 0 Å². The van der Waals surface area contributed by atoms with Crippen molar-refractivity contribution in [2.45, 2.75) is 123 Å². The van der Waals surface area contributed by atoms with E-state index in [0.717, 1.165) is 0 Å². The zero-order valence-corrected chi connectivity index (χ0v) is 18.5. The van der Waals surface area contributed by atoms with Gasteiger partial charge in [-0.2, -0.15) is 0 Å². The fraction of sp³-hybridized carbons (Fsp3) is 0.704. The first-order chi connectivity index (χ1) is 13.4. The number of allylic oxidation sites excluding steroid dienone is 2. The lowest BCUT2D eigenvalue weighted by Gasteiger charge is -2.09. The van der Waals surface area contributed by atoms with Crippen molar-refractivity contribution in [1.29, 1.82) is 0 Å². The van der Waals surface area contributed by atoms with E-state index in [2.05, 4.69) is 50.3 Å². The van der Waals surface area contributed by atoms with Crippen LogP contribution in [-0.2, 0) is 0 Å². The van der Waals surface area contributed by atoms with Gasteiger partial charge in [0.2, 0.25) is 0 Å². The second-order valence-electron chi connectivity index (χ2n) is 8.23. The van der Waals surface area contributed by atoms with Gasteiger partial charge in [0, 0.05) is 0 Å². The van der Waals surface area contributed by atoms with Crippen LogP contribution in [0, 0.1) is 0 Å². The maximum absolute atomic E-state index is 2.54. The molecule has 0 radical (unpaired) electrons. The summed E-state index contributed by atoms with van der Waals surface area (Å²) in [6.07, 6.45) is 26.1. The van der Waals surface area contributed by atoms with Gasteiger partial charge >= 0.3 is 0 Å². The highest BCUT2D eigenvalue weighted by molar-refractivity contribution is 5.65. The van der Waals surface area contributed by atoms with Crippen LogP contribution in [0.15, 0.2) is 36.4 Å². The molecule has 0 heteroatoms. The van der Waals surface area contributed by atoms with Crippen molar-refractivity contribution < 1.29 is 0 Å². The highest BCUT2D eigenvalue weighted by atomic mass is 14.1. The van der Waals surface area contributed by atoms with Crippen LogP contribution in [0.5, 0.6) is 0 Å². The highest BCUT2D eigenvalue weighted by Gasteiger charge is 2.02. The Bertz CT molecular complexity index is 442. The standard InChI is InChI=1S/C27H46/c1-3-5-7-9-11-13-15-18-22-26(27-24-20-17-21-25-27)23-19-16-14-12-10-8-6-4-2/h17,20-22,24-25H,3-16,18-19,23H2,1-2H3/b26-22-. The van der Waals surface area contributed by atoms with Crippen LogP contribution in [0.25, 0.3) is 5.57 Å². The Hall–Kier alpha value is -1.04. The zero-order valence-electron chi connectivity index (χ0n) is 18.5. The van der Waals surface area contributed by atoms with Gasteiger partial charge in [-0.15, -0.1) is 0 Å². The molecular weight excluding hydrogens is 324 g/mol. The third-order valence-corrected chi connectivity index (χ3v) is 5.64. The van der Waals surface area contributed by atoms with Crippen molar-refractivity contribution in [2.75, 3.05) is 0 Å². The molecule has 0 nitrogen and oxygen atoms in total. The minimum absolute atomic E-state index is 1.26. The molecule has 0 spiro atoms. The van der Waals surface area contributed by atoms with Crippen molar-refractivity contribution >= 4 is 5.57 Å². The summed E-state index contributed by atoms with van der Waals surface area (Å²) in [6, 6.07) is 11.1. The van der Waals surface area contributed by atoms with E-state index < -0.39 is 0 Å². The van der Waals surface area contributed by atoms with E-state index in [1.807, 2.05) is 0 Å². The molecule has 0 unspecified atom stereocenters. The van der Waals surface area contributed by atoms with E-state index in [1.54, 1.807) is 5.57 Å².